The van der Waals surface area contributed by atoms with Crippen LogP contribution in [0.3, 0.4) is 0 Å². The minimum atomic E-state index is 0.0950. The van der Waals surface area contributed by atoms with E-state index in [0.717, 1.165) is 45.6 Å². The van der Waals surface area contributed by atoms with E-state index in [1.54, 1.807) is 0 Å². The Kier molecular flexibility index (Phi) is 6.73. The summed E-state index contributed by atoms with van der Waals surface area (Å²) >= 11 is 0. The highest BCUT2D eigenvalue weighted by molar-refractivity contribution is 5.09. The number of hydrogen-bond acceptors (Lipinski definition) is 5. The Morgan fingerprint density at radius 1 is 1.14 bits per heavy atom. The third kappa shape index (κ3) is 4.80. The molecule has 0 aromatic carbocycles. The maximum Gasteiger partial charge on any atom is 0.150 e. The van der Waals surface area contributed by atoms with Crippen molar-refractivity contribution in [2.75, 3.05) is 26.2 Å². The summed E-state index contributed by atoms with van der Waals surface area (Å²) in [7, 11) is 0. The van der Waals surface area contributed by atoms with Crippen LogP contribution in [0.2, 0.25) is 0 Å². The molecule has 2 aliphatic rings. The third-order valence-corrected chi connectivity index (χ3v) is 6.07. The quantitative estimate of drug-likeness (QED) is 0.699. The molecular weight excluding hydrogens is 350 g/mol. The molecule has 0 saturated carbocycles. The predicted molar refractivity (Wildman–Crippen MR) is 110 cm³/mol. The molecule has 2 fully saturated rings. The second kappa shape index (κ2) is 9.63. The molecule has 0 spiro atoms. The summed E-state index contributed by atoms with van der Waals surface area (Å²) in [4.78, 5) is 9.50. The van der Waals surface area contributed by atoms with E-state index < -0.39 is 0 Å². The minimum absolute atomic E-state index is 0.0950. The largest absolute Gasteiger partial charge is 0.357 e. The highest BCUT2D eigenvalue weighted by atomic mass is 16.5. The normalized spacial score (nSPS) is 23.5. The van der Waals surface area contributed by atoms with Crippen molar-refractivity contribution in [3.8, 4) is 0 Å². The van der Waals surface area contributed by atoms with Crippen LogP contribution >= 0.6 is 0 Å². The Balaban J connectivity index is 1.49. The summed E-state index contributed by atoms with van der Waals surface area (Å²) in [6.07, 6.45) is 11.9. The average molecular weight is 384 g/mol. The van der Waals surface area contributed by atoms with Gasteiger partial charge in [0.25, 0.3) is 0 Å². The van der Waals surface area contributed by atoms with E-state index in [-0.39, 0.29) is 6.23 Å². The van der Waals surface area contributed by atoms with E-state index in [0.29, 0.717) is 6.04 Å². The molecule has 6 heteroatoms. The van der Waals surface area contributed by atoms with Gasteiger partial charge in [0.15, 0.2) is 6.23 Å². The predicted octanol–water partition coefficient (Wildman–Crippen LogP) is 3.46. The molecule has 4 heterocycles. The maximum absolute atomic E-state index is 5.99. The van der Waals surface area contributed by atoms with Crippen LogP contribution in [-0.4, -0.2) is 56.8 Å². The summed E-state index contributed by atoms with van der Waals surface area (Å²) in [5.41, 5.74) is 2.51. The number of hydrogen-bond donors (Lipinski definition) is 0. The first-order valence-electron chi connectivity index (χ1n) is 10.8. The SMILES string of the molecule is CCN1CCC[C@@H]1CN(Cc1cccnc1)Cc1ccnn1[C@H]1CCCCO1. The molecule has 2 aromatic heterocycles. The van der Waals surface area contributed by atoms with E-state index in [4.69, 9.17) is 4.74 Å². The van der Waals surface area contributed by atoms with Gasteiger partial charge in [-0.3, -0.25) is 14.8 Å². The number of aromatic nitrogens is 3. The van der Waals surface area contributed by atoms with Crippen molar-refractivity contribution in [1.29, 1.82) is 0 Å². The number of likely N-dealkylation sites (tertiary alicyclic amines) is 1. The standard InChI is InChI=1S/C22H33N5O/c1-2-26-13-6-8-20(26)17-25(16-19-7-5-11-23-15-19)18-21-10-12-24-27(21)22-9-3-4-14-28-22/h5,7,10-12,15,20,22H,2-4,6,8-9,13-14,16-18H2,1H3/t20-,22-/m1/s1. The van der Waals surface area contributed by atoms with E-state index in [1.807, 2.05) is 24.7 Å². The van der Waals surface area contributed by atoms with Crippen LogP contribution < -0.4 is 0 Å². The van der Waals surface area contributed by atoms with Crippen molar-refractivity contribution in [2.45, 2.75) is 64.4 Å². The molecule has 28 heavy (non-hydrogen) atoms. The van der Waals surface area contributed by atoms with Gasteiger partial charge in [0.1, 0.15) is 0 Å². The monoisotopic (exact) mass is 383 g/mol. The van der Waals surface area contributed by atoms with Crippen LogP contribution in [0, 0.1) is 0 Å². The van der Waals surface area contributed by atoms with Crippen LogP contribution in [0.25, 0.3) is 0 Å². The Morgan fingerprint density at radius 3 is 2.89 bits per heavy atom. The van der Waals surface area contributed by atoms with E-state index in [1.165, 1.54) is 37.1 Å². The molecule has 0 amide bonds. The molecule has 2 saturated heterocycles. The lowest BCUT2D eigenvalue weighted by Gasteiger charge is -2.31. The van der Waals surface area contributed by atoms with Gasteiger partial charge < -0.3 is 4.74 Å². The molecular formula is C22H33N5O. The summed E-state index contributed by atoms with van der Waals surface area (Å²) in [5.74, 6) is 0. The lowest BCUT2D eigenvalue weighted by Crippen LogP contribution is -2.40. The van der Waals surface area contributed by atoms with Gasteiger partial charge >= 0.3 is 0 Å². The van der Waals surface area contributed by atoms with E-state index in [9.17, 15) is 0 Å². The molecule has 2 aliphatic heterocycles. The van der Waals surface area contributed by atoms with Crippen LogP contribution in [0.15, 0.2) is 36.8 Å². The van der Waals surface area contributed by atoms with E-state index >= 15 is 0 Å². The molecule has 0 N–H and O–H groups in total. The van der Waals surface area contributed by atoms with Gasteiger partial charge in [0.05, 0.1) is 5.69 Å². The lowest BCUT2D eigenvalue weighted by atomic mass is 10.1. The lowest BCUT2D eigenvalue weighted by molar-refractivity contribution is -0.0422. The van der Waals surface area contributed by atoms with Crippen LogP contribution in [0.5, 0.6) is 0 Å². The molecule has 152 valence electrons. The van der Waals surface area contributed by atoms with Gasteiger partial charge in [-0.05, 0) is 62.9 Å². The van der Waals surface area contributed by atoms with Crippen LogP contribution in [0.1, 0.15) is 56.5 Å². The second-order valence-electron chi connectivity index (χ2n) is 8.04. The summed E-state index contributed by atoms with van der Waals surface area (Å²) in [6, 6.07) is 7.00. The fraction of sp³-hybridized carbons (Fsp3) is 0.636. The maximum atomic E-state index is 5.99. The minimum Gasteiger partial charge on any atom is -0.357 e. The molecule has 0 aliphatic carbocycles. The van der Waals surface area contributed by atoms with Crippen molar-refractivity contribution >= 4 is 0 Å². The number of ether oxygens (including phenoxy) is 1. The Labute approximate surface area is 168 Å². The highest BCUT2D eigenvalue weighted by Gasteiger charge is 2.26. The highest BCUT2D eigenvalue weighted by Crippen LogP contribution is 2.25. The first kappa shape index (κ1) is 19.6. The Hall–Kier alpha value is -1.76. The molecule has 2 aromatic rings. The zero-order chi connectivity index (χ0) is 19.2. The van der Waals surface area contributed by atoms with Gasteiger partial charge in [0, 0.05) is 50.9 Å². The zero-order valence-corrected chi connectivity index (χ0v) is 17.0. The molecule has 6 nitrogen and oxygen atoms in total. The Morgan fingerprint density at radius 2 is 2.11 bits per heavy atom. The Bertz CT molecular complexity index is 713. The third-order valence-electron chi connectivity index (χ3n) is 6.07. The fourth-order valence-electron chi connectivity index (χ4n) is 4.62. The molecule has 0 radical (unpaired) electrons. The van der Waals surface area contributed by atoms with Gasteiger partial charge in [-0.15, -0.1) is 0 Å². The van der Waals surface area contributed by atoms with Gasteiger partial charge in [-0.1, -0.05) is 13.0 Å². The van der Waals surface area contributed by atoms with Crippen molar-refractivity contribution < 1.29 is 4.74 Å². The number of likely N-dealkylation sites (N-methyl/N-ethyl adjacent to an activating group) is 1. The summed E-state index contributed by atoms with van der Waals surface area (Å²) < 4.78 is 8.11. The number of pyridine rings is 1. The van der Waals surface area contributed by atoms with E-state index in [2.05, 4.69) is 43.6 Å². The van der Waals surface area contributed by atoms with Gasteiger partial charge in [-0.2, -0.15) is 5.10 Å². The second-order valence-corrected chi connectivity index (χ2v) is 8.04. The number of rotatable bonds is 8. The van der Waals surface area contributed by atoms with Crippen molar-refractivity contribution in [3.05, 3.63) is 48.0 Å². The van der Waals surface area contributed by atoms with Crippen molar-refractivity contribution in [1.82, 2.24) is 24.6 Å². The summed E-state index contributed by atoms with van der Waals surface area (Å²) in [5, 5.41) is 4.61. The fourth-order valence-corrected chi connectivity index (χ4v) is 4.62. The van der Waals surface area contributed by atoms with Gasteiger partial charge in [-0.25, -0.2) is 4.68 Å². The topological polar surface area (TPSA) is 46.4 Å². The molecule has 0 unspecified atom stereocenters. The van der Waals surface area contributed by atoms with Crippen molar-refractivity contribution in [2.24, 2.45) is 0 Å². The molecule has 0 bridgehead atoms. The van der Waals surface area contributed by atoms with Crippen LogP contribution in [0.4, 0.5) is 0 Å². The smallest absolute Gasteiger partial charge is 0.150 e. The number of nitrogens with zero attached hydrogens (tertiary/aromatic N) is 5. The van der Waals surface area contributed by atoms with Crippen LogP contribution in [-0.2, 0) is 17.8 Å². The molecule has 2 atom stereocenters. The molecule has 4 rings (SSSR count). The first-order valence-corrected chi connectivity index (χ1v) is 10.8. The average Bonchev–Trinajstić information content (AvgIpc) is 3.38. The summed E-state index contributed by atoms with van der Waals surface area (Å²) in [6.45, 7) is 8.38. The first-order chi connectivity index (χ1) is 13.8. The zero-order valence-electron chi connectivity index (χ0n) is 17.0. The van der Waals surface area contributed by atoms with Crippen molar-refractivity contribution in [3.63, 3.8) is 0 Å². The van der Waals surface area contributed by atoms with Gasteiger partial charge in [0.2, 0.25) is 0 Å².